The van der Waals surface area contributed by atoms with Crippen molar-refractivity contribution in [2.24, 2.45) is 0 Å². The van der Waals surface area contributed by atoms with E-state index >= 15 is 0 Å². The van der Waals surface area contributed by atoms with E-state index in [0.29, 0.717) is 28.1 Å². The minimum Gasteiger partial charge on any atom is -0.493 e. The van der Waals surface area contributed by atoms with Crippen molar-refractivity contribution in [1.82, 2.24) is 5.32 Å². The summed E-state index contributed by atoms with van der Waals surface area (Å²) >= 11 is 11.8. The maximum absolute atomic E-state index is 6.07. The number of hydrogen-bond acceptors (Lipinski definition) is 3. The molecule has 0 radical (unpaired) electrons. The van der Waals surface area contributed by atoms with Crippen molar-refractivity contribution in [3.8, 4) is 11.5 Å². The number of nitrogens with one attached hydrogen (secondary N) is 1. The predicted molar refractivity (Wildman–Crippen MR) is 80.5 cm³/mol. The zero-order chi connectivity index (χ0) is 14.3. The minimum atomic E-state index is 0.236. The van der Waals surface area contributed by atoms with E-state index in [1.807, 2.05) is 6.07 Å². The van der Waals surface area contributed by atoms with Crippen molar-refractivity contribution in [3.63, 3.8) is 0 Å². The Balaban J connectivity index is 2.95. The van der Waals surface area contributed by atoms with Gasteiger partial charge in [0.25, 0.3) is 0 Å². The maximum atomic E-state index is 6.07. The molecule has 3 nitrogen and oxygen atoms in total. The highest BCUT2D eigenvalue weighted by molar-refractivity contribution is 6.31. The lowest BCUT2D eigenvalue weighted by Crippen LogP contribution is -2.15. The third-order valence-corrected chi connectivity index (χ3v) is 2.76. The fraction of sp³-hybridized carbons (Fsp3) is 0.429. The molecule has 0 aliphatic rings. The van der Waals surface area contributed by atoms with Gasteiger partial charge in [-0.3, -0.25) is 0 Å². The smallest absolute Gasteiger partial charge is 0.166 e. The van der Waals surface area contributed by atoms with Crippen LogP contribution in [0.5, 0.6) is 11.5 Å². The van der Waals surface area contributed by atoms with Crippen molar-refractivity contribution >= 4 is 23.2 Å². The van der Waals surface area contributed by atoms with Crippen LogP contribution in [-0.2, 0) is 6.54 Å². The van der Waals surface area contributed by atoms with E-state index in [1.165, 1.54) is 0 Å². The summed E-state index contributed by atoms with van der Waals surface area (Å²) in [6.07, 6.45) is 1.06. The molecule has 1 N–H and O–H groups in total. The molecule has 0 unspecified atom stereocenters. The Morgan fingerprint density at radius 2 is 2.16 bits per heavy atom. The van der Waals surface area contributed by atoms with Crippen LogP contribution in [0, 0.1) is 0 Å². The number of halogens is 2. The first-order chi connectivity index (χ1) is 9.08. The Labute approximate surface area is 124 Å². The van der Waals surface area contributed by atoms with E-state index in [-0.39, 0.29) is 6.61 Å². The quantitative estimate of drug-likeness (QED) is 0.737. The van der Waals surface area contributed by atoms with Crippen molar-refractivity contribution < 1.29 is 9.47 Å². The Bertz CT molecular complexity index is 436. The molecule has 0 fully saturated rings. The number of hydrogen-bond donors (Lipinski definition) is 1. The van der Waals surface area contributed by atoms with Crippen molar-refractivity contribution in [3.05, 3.63) is 34.3 Å². The summed E-state index contributed by atoms with van der Waals surface area (Å²) in [6, 6.07) is 3.58. The van der Waals surface area contributed by atoms with Crippen LogP contribution in [-0.4, -0.2) is 20.3 Å². The molecule has 0 saturated carbocycles. The van der Waals surface area contributed by atoms with E-state index in [9.17, 15) is 0 Å². The first-order valence-electron chi connectivity index (χ1n) is 6.11. The third kappa shape index (κ3) is 5.31. The summed E-state index contributed by atoms with van der Waals surface area (Å²) in [7, 11) is 1.58. The second kappa shape index (κ2) is 8.31. The molecule has 106 valence electrons. The zero-order valence-corrected chi connectivity index (χ0v) is 12.8. The maximum Gasteiger partial charge on any atom is 0.166 e. The van der Waals surface area contributed by atoms with Gasteiger partial charge >= 0.3 is 0 Å². The second-order valence-electron chi connectivity index (χ2n) is 4.08. The molecule has 0 amide bonds. The summed E-state index contributed by atoms with van der Waals surface area (Å²) in [4.78, 5) is 0. The minimum absolute atomic E-state index is 0.236. The van der Waals surface area contributed by atoms with Gasteiger partial charge in [-0.2, -0.15) is 0 Å². The molecule has 0 aromatic heterocycles. The van der Waals surface area contributed by atoms with Gasteiger partial charge in [-0.15, -0.1) is 0 Å². The summed E-state index contributed by atoms with van der Waals surface area (Å²) in [5.41, 5.74) is 0.940. The van der Waals surface area contributed by atoms with Crippen molar-refractivity contribution in [2.45, 2.75) is 19.9 Å². The molecule has 0 aliphatic carbocycles. The second-order valence-corrected chi connectivity index (χ2v) is 5.05. The zero-order valence-electron chi connectivity index (χ0n) is 11.3. The lowest BCUT2D eigenvalue weighted by molar-refractivity contribution is 0.320. The van der Waals surface area contributed by atoms with Crippen LogP contribution in [0.4, 0.5) is 0 Å². The molecule has 0 spiro atoms. The average molecular weight is 304 g/mol. The Kier molecular flexibility index (Phi) is 7.06. The van der Waals surface area contributed by atoms with Crippen LogP contribution in [0.1, 0.15) is 18.9 Å². The first kappa shape index (κ1) is 16.2. The normalized spacial score (nSPS) is 10.3. The van der Waals surface area contributed by atoms with Crippen LogP contribution >= 0.6 is 23.2 Å². The molecule has 0 aliphatic heterocycles. The highest BCUT2D eigenvalue weighted by Gasteiger charge is 2.13. The molecule has 0 heterocycles. The monoisotopic (exact) mass is 303 g/mol. The highest BCUT2D eigenvalue weighted by atomic mass is 35.5. The van der Waals surface area contributed by atoms with Crippen LogP contribution in [0.2, 0.25) is 5.02 Å². The summed E-state index contributed by atoms with van der Waals surface area (Å²) in [6.45, 7) is 7.54. The molecule has 1 rings (SSSR count). The fourth-order valence-corrected chi connectivity index (χ4v) is 1.91. The largest absolute Gasteiger partial charge is 0.493 e. The Hall–Kier alpha value is -0.900. The number of benzene rings is 1. The van der Waals surface area contributed by atoms with Gasteiger partial charge in [0.1, 0.15) is 6.61 Å². The standard InChI is InChI=1S/C14H19Cl2NO2/c1-4-5-17-8-11-6-12(16)7-13(18-3)14(11)19-9-10(2)15/h6-7,17H,2,4-5,8-9H2,1,3H3. The van der Waals surface area contributed by atoms with Gasteiger partial charge in [-0.05, 0) is 19.0 Å². The highest BCUT2D eigenvalue weighted by Crippen LogP contribution is 2.35. The van der Waals surface area contributed by atoms with Gasteiger partial charge in [0, 0.05) is 28.2 Å². The van der Waals surface area contributed by atoms with Gasteiger partial charge < -0.3 is 14.8 Å². The van der Waals surface area contributed by atoms with E-state index in [1.54, 1.807) is 13.2 Å². The van der Waals surface area contributed by atoms with Gasteiger partial charge in [-0.25, -0.2) is 0 Å². The first-order valence-corrected chi connectivity index (χ1v) is 6.87. The summed E-state index contributed by atoms with van der Waals surface area (Å²) in [5.74, 6) is 1.25. The number of rotatable bonds is 8. The summed E-state index contributed by atoms with van der Waals surface area (Å²) in [5, 5.41) is 4.36. The van der Waals surface area contributed by atoms with Crippen LogP contribution < -0.4 is 14.8 Å². The van der Waals surface area contributed by atoms with Gasteiger partial charge in [-0.1, -0.05) is 36.7 Å². The predicted octanol–water partition coefficient (Wildman–Crippen LogP) is 3.98. The third-order valence-electron chi connectivity index (χ3n) is 2.43. The molecule has 1 aromatic carbocycles. The molecule has 19 heavy (non-hydrogen) atoms. The van der Waals surface area contributed by atoms with Gasteiger partial charge in [0.05, 0.1) is 7.11 Å². The number of methoxy groups -OCH3 is 1. The van der Waals surface area contributed by atoms with Crippen LogP contribution in [0.15, 0.2) is 23.7 Å². The van der Waals surface area contributed by atoms with Crippen molar-refractivity contribution in [2.75, 3.05) is 20.3 Å². The fourth-order valence-electron chi connectivity index (χ4n) is 1.62. The Morgan fingerprint density at radius 3 is 2.74 bits per heavy atom. The lowest BCUT2D eigenvalue weighted by Gasteiger charge is -2.16. The summed E-state index contributed by atoms with van der Waals surface area (Å²) < 4.78 is 10.9. The molecular formula is C14H19Cl2NO2. The van der Waals surface area contributed by atoms with Crippen LogP contribution in [0.25, 0.3) is 0 Å². The molecule has 0 bridgehead atoms. The molecular weight excluding hydrogens is 285 g/mol. The van der Waals surface area contributed by atoms with E-state index in [0.717, 1.165) is 18.5 Å². The van der Waals surface area contributed by atoms with E-state index in [2.05, 4.69) is 18.8 Å². The van der Waals surface area contributed by atoms with Gasteiger partial charge in [0.2, 0.25) is 0 Å². The van der Waals surface area contributed by atoms with E-state index in [4.69, 9.17) is 32.7 Å². The molecule has 0 saturated heterocycles. The average Bonchev–Trinajstić information content (AvgIpc) is 2.36. The Morgan fingerprint density at radius 1 is 1.42 bits per heavy atom. The van der Waals surface area contributed by atoms with Crippen molar-refractivity contribution in [1.29, 1.82) is 0 Å². The molecule has 5 heteroatoms. The van der Waals surface area contributed by atoms with Gasteiger partial charge in [0.15, 0.2) is 11.5 Å². The molecule has 0 atom stereocenters. The number of ether oxygens (including phenoxy) is 2. The van der Waals surface area contributed by atoms with E-state index < -0.39 is 0 Å². The topological polar surface area (TPSA) is 30.5 Å². The van der Waals surface area contributed by atoms with Crippen LogP contribution in [0.3, 0.4) is 0 Å². The lowest BCUT2D eigenvalue weighted by atomic mass is 10.1. The molecule has 1 aromatic rings. The SMILES string of the molecule is C=C(Cl)COc1c(CNCCC)cc(Cl)cc1OC.